The highest BCUT2D eigenvalue weighted by molar-refractivity contribution is 5.83. The Morgan fingerprint density at radius 2 is 2.11 bits per heavy atom. The third-order valence-corrected chi connectivity index (χ3v) is 2.83. The van der Waals surface area contributed by atoms with Crippen molar-refractivity contribution in [3.63, 3.8) is 0 Å². The molecule has 0 aliphatic carbocycles. The molecule has 0 amide bonds. The molecule has 2 heterocycles. The second-order valence-corrected chi connectivity index (χ2v) is 3.94. The number of hydrogen-bond acceptors (Lipinski definition) is 4. The highest BCUT2D eigenvalue weighted by Gasteiger charge is 2.09. The van der Waals surface area contributed by atoms with E-state index >= 15 is 0 Å². The highest BCUT2D eigenvalue weighted by Crippen LogP contribution is 2.12. The van der Waals surface area contributed by atoms with Gasteiger partial charge in [0, 0.05) is 6.20 Å². The van der Waals surface area contributed by atoms with Crippen molar-refractivity contribution in [2.45, 2.75) is 0 Å². The summed E-state index contributed by atoms with van der Waals surface area (Å²) in [5, 5.41) is 9.41. The van der Waals surface area contributed by atoms with Crippen molar-refractivity contribution >= 4 is 10.9 Å². The first-order valence-electron chi connectivity index (χ1n) is 5.62. The quantitative estimate of drug-likeness (QED) is 0.656. The van der Waals surface area contributed by atoms with Crippen LogP contribution < -0.4 is 5.56 Å². The number of rotatable bonds is 1. The van der Waals surface area contributed by atoms with Crippen LogP contribution in [0.15, 0.2) is 53.8 Å². The lowest BCUT2D eigenvalue weighted by atomic mass is 10.1. The van der Waals surface area contributed by atoms with Crippen molar-refractivity contribution in [1.29, 1.82) is 5.26 Å². The van der Waals surface area contributed by atoms with Crippen LogP contribution >= 0.6 is 0 Å². The van der Waals surface area contributed by atoms with Gasteiger partial charge in [-0.05, 0) is 24.3 Å². The molecule has 0 saturated heterocycles. The summed E-state index contributed by atoms with van der Waals surface area (Å²) < 4.78 is 1.39. The minimum absolute atomic E-state index is 0.268. The third-order valence-electron chi connectivity index (χ3n) is 2.83. The summed E-state index contributed by atoms with van der Waals surface area (Å²) in [5.41, 5.74) is 1.20. The lowest BCUT2D eigenvalue weighted by Crippen LogP contribution is -2.19. The molecule has 0 radical (unpaired) electrons. The number of pyridine rings is 1. The Morgan fingerprint density at radius 3 is 2.84 bits per heavy atom. The molecule has 0 unspecified atom stereocenters. The molecular weight excluding hydrogens is 240 g/mol. The summed E-state index contributed by atoms with van der Waals surface area (Å²) in [4.78, 5) is 20.6. The zero-order valence-corrected chi connectivity index (χ0v) is 9.82. The molecule has 5 heteroatoms. The lowest BCUT2D eigenvalue weighted by Gasteiger charge is -2.06. The fourth-order valence-electron chi connectivity index (χ4n) is 1.94. The molecular formula is C14H8N4O. The Bertz CT molecular complexity index is 847. The van der Waals surface area contributed by atoms with Crippen molar-refractivity contribution in [3.8, 4) is 11.8 Å². The van der Waals surface area contributed by atoms with Gasteiger partial charge in [-0.1, -0.05) is 6.07 Å². The average molecular weight is 248 g/mol. The van der Waals surface area contributed by atoms with Crippen molar-refractivity contribution in [2.24, 2.45) is 0 Å². The number of aromatic nitrogens is 3. The van der Waals surface area contributed by atoms with Gasteiger partial charge in [-0.3, -0.25) is 14.3 Å². The topological polar surface area (TPSA) is 71.6 Å². The first-order chi connectivity index (χ1) is 9.31. The maximum Gasteiger partial charge on any atom is 0.267 e. The van der Waals surface area contributed by atoms with Gasteiger partial charge in [0.05, 0.1) is 28.4 Å². The summed E-state index contributed by atoms with van der Waals surface area (Å²) in [6.07, 6.45) is 4.65. The summed E-state index contributed by atoms with van der Waals surface area (Å²) in [5.74, 6) is 0. The summed E-state index contributed by atoms with van der Waals surface area (Å²) in [6.45, 7) is 0. The Kier molecular flexibility index (Phi) is 2.54. The number of benzene rings is 1. The van der Waals surface area contributed by atoms with E-state index in [-0.39, 0.29) is 5.56 Å². The zero-order chi connectivity index (χ0) is 13.2. The second-order valence-electron chi connectivity index (χ2n) is 3.94. The van der Waals surface area contributed by atoms with E-state index in [0.29, 0.717) is 22.2 Å². The second kappa shape index (κ2) is 4.35. The van der Waals surface area contributed by atoms with Gasteiger partial charge in [0.2, 0.25) is 0 Å². The maximum atomic E-state index is 12.5. The van der Waals surface area contributed by atoms with Crippen molar-refractivity contribution in [1.82, 2.24) is 14.5 Å². The molecule has 3 rings (SSSR count). The normalized spacial score (nSPS) is 10.3. The van der Waals surface area contributed by atoms with Crippen LogP contribution in [-0.2, 0) is 0 Å². The van der Waals surface area contributed by atoms with Crippen LogP contribution in [0, 0.1) is 11.3 Å². The monoisotopic (exact) mass is 248 g/mol. The molecule has 0 bridgehead atoms. The molecule has 90 valence electrons. The zero-order valence-electron chi connectivity index (χ0n) is 9.82. The Labute approximate surface area is 108 Å². The third kappa shape index (κ3) is 1.76. The molecule has 0 spiro atoms. The van der Waals surface area contributed by atoms with Crippen LogP contribution in [0.3, 0.4) is 0 Å². The first kappa shape index (κ1) is 11.1. The maximum absolute atomic E-state index is 12.5. The van der Waals surface area contributed by atoms with Crippen LogP contribution in [-0.4, -0.2) is 14.5 Å². The molecule has 1 aromatic carbocycles. The fourth-order valence-corrected chi connectivity index (χ4v) is 1.94. The largest absolute Gasteiger partial charge is 0.268 e. The minimum Gasteiger partial charge on any atom is -0.268 e. The van der Waals surface area contributed by atoms with Crippen molar-refractivity contribution in [3.05, 3.63) is 65.0 Å². The van der Waals surface area contributed by atoms with Gasteiger partial charge >= 0.3 is 0 Å². The summed E-state index contributed by atoms with van der Waals surface area (Å²) in [6, 6.07) is 10.6. The molecule has 0 atom stereocenters. The molecule has 0 fully saturated rings. The van der Waals surface area contributed by atoms with Crippen LogP contribution in [0.5, 0.6) is 0 Å². The number of nitrogens with zero attached hydrogens (tertiary/aromatic N) is 4. The van der Waals surface area contributed by atoms with Crippen molar-refractivity contribution in [2.75, 3.05) is 0 Å². The van der Waals surface area contributed by atoms with E-state index in [1.807, 2.05) is 6.07 Å². The van der Waals surface area contributed by atoms with Crippen LogP contribution in [0.2, 0.25) is 0 Å². The van der Waals surface area contributed by atoms with E-state index in [1.165, 1.54) is 10.9 Å². The smallest absolute Gasteiger partial charge is 0.267 e. The number of hydrogen-bond donors (Lipinski definition) is 0. The standard InChI is InChI=1S/C14H8N4O/c15-7-10-3-1-5-12-13(10)14(19)18(9-17-12)11-4-2-6-16-8-11/h1-6,8-9H. The number of fused-ring (bicyclic) bond motifs is 1. The minimum atomic E-state index is -0.268. The van der Waals surface area contributed by atoms with Gasteiger partial charge in [-0.2, -0.15) is 5.26 Å². The molecule has 0 N–H and O–H groups in total. The van der Waals surface area contributed by atoms with Gasteiger partial charge in [0.1, 0.15) is 12.4 Å². The van der Waals surface area contributed by atoms with Crippen LogP contribution in [0.4, 0.5) is 0 Å². The van der Waals surface area contributed by atoms with Crippen molar-refractivity contribution < 1.29 is 0 Å². The predicted octanol–water partition coefficient (Wildman–Crippen LogP) is 1.65. The molecule has 19 heavy (non-hydrogen) atoms. The molecule has 0 saturated carbocycles. The highest BCUT2D eigenvalue weighted by atomic mass is 16.1. The van der Waals surface area contributed by atoms with Gasteiger partial charge in [-0.25, -0.2) is 4.98 Å². The molecule has 0 aliphatic rings. The Balaban J connectivity index is 2.40. The predicted molar refractivity (Wildman–Crippen MR) is 69.9 cm³/mol. The first-order valence-corrected chi connectivity index (χ1v) is 5.62. The summed E-state index contributed by atoms with van der Waals surface area (Å²) in [7, 11) is 0. The van der Waals surface area contributed by atoms with E-state index in [9.17, 15) is 4.79 Å². The average Bonchev–Trinajstić information content (AvgIpc) is 2.48. The molecule has 2 aromatic heterocycles. The van der Waals surface area contributed by atoms with E-state index in [2.05, 4.69) is 9.97 Å². The van der Waals surface area contributed by atoms with Gasteiger partial charge in [0.15, 0.2) is 0 Å². The SMILES string of the molecule is N#Cc1cccc2ncn(-c3cccnc3)c(=O)c12. The number of nitriles is 1. The van der Waals surface area contributed by atoms with E-state index < -0.39 is 0 Å². The Hall–Kier alpha value is -3.00. The molecule has 0 aliphatic heterocycles. The van der Waals surface area contributed by atoms with Crippen LogP contribution in [0.25, 0.3) is 16.6 Å². The lowest BCUT2D eigenvalue weighted by molar-refractivity contribution is 0.953. The van der Waals surface area contributed by atoms with E-state index in [4.69, 9.17) is 5.26 Å². The van der Waals surface area contributed by atoms with Gasteiger partial charge in [-0.15, -0.1) is 0 Å². The van der Waals surface area contributed by atoms with E-state index in [0.717, 1.165) is 0 Å². The van der Waals surface area contributed by atoms with Gasteiger partial charge in [0.25, 0.3) is 5.56 Å². The van der Waals surface area contributed by atoms with E-state index in [1.54, 1.807) is 42.7 Å². The molecule has 5 nitrogen and oxygen atoms in total. The Morgan fingerprint density at radius 1 is 1.21 bits per heavy atom. The van der Waals surface area contributed by atoms with Gasteiger partial charge < -0.3 is 0 Å². The molecule has 3 aromatic rings. The fraction of sp³-hybridized carbons (Fsp3) is 0. The van der Waals surface area contributed by atoms with Crippen LogP contribution in [0.1, 0.15) is 5.56 Å². The summed E-state index contributed by atoms with van der Waals surface area (Å²) >= 11 is 0.